The molecule has 1 rings (SSSR count). The molecule has 8 heteroatoms. The number of carbonyl (C=O) groups is 1. The number of hydrogen-bond donors (Lipinski definition) is 3. The zero-order valence-corrected chi connectivity index (χ0v) is 11.5. The smallest absolute Gasteiger partial charge is 0.276 e. The van der Waals surface area contributed by atoms with Gasteiger partial charge in [0.05, 0.1) is 21.6 Å². The van der Waals surface area contributed by atoms with Gasteiger partial charge in [0.15, 0.2) is 0 Å². The second kappa shape index (κ2) is 7.18. The van der Waals surface area contributed by atoms with Gasteiger partial charge in [-0.3, -0.25) is 14.9 Å². The fraction of sp³-hybridized carbons (Fsp3) is 0.417. The van der Waals surface area contributed by atoms with Crippen LogP contribution >= 0.6 is 11.6 Å². The molecular weight excluding hydrogens is 288 g/mol. The average Bonchev–Trinajstić information content (AvgIpc) is 2.36. The van der Waals surface area contributed by atoms with Crippen molar-refractivity contribution in [3.63, 3.8) is 0 Å². The highest BCUT2D eigenvalue weighted by atomic mass is 35.5. The standard InChI is InChI=1S/C12H15ClN2O5/c1-7(16)14-6-5-10(17)12(18)11-8(13)3-2-4-9(11)15(19)20/h2-4,10,12,17-18H,5-6H2,1H3,(H,14,16). The average molecular weight is 303 g/mol. The summed E-state index contributed by atoms with van der Waals surface area (Å²) in [5, 5.41) is 33.2. The van der Waals surface area contributed by atoms with Crippen molar-refractivity contribution in [1.82, 2.24) is 5.32 Å². The summed E-state index contributed by atoms with van der Waals surface area (Å²) in [5.74, 6) is -0.268. The fourth-order valence-electron chi connectivity index (χ4n) is 1.72. The van der Waals surface area contributed by atoms with Gasteiger partial charge in [0.2, 0.25) is 5.91 Å². The highest BCUT2D eigenvalue weighted by Gasteiger charge is 2.28. The number of nitro benzene ring substituents is 1. The van der Waals surface area contributed by atoms with Crippen LogP contribution in [0.15, 0.2) is 18.2 Å². The van der Waals surface area contributed by atoms with Crippen molar-refractivity contribution in [2.24, 2.45) is 0 Å². The van der Waals surface area contributed by atoms with E-state index in [4.69, 9.17) is 11.6 Å². The van der Waals surface area contributed by atoms with Crippen LogP contribution in [0.1, 0.15) is 25.0 Å². The molecule has 0 saturated heterocycles. The molecule has 1 aromatic rings. The lowest BCUT2D eigenvalue weighted by Gasteiger charge is -2.19. The van der Waals surface area contributed by atoms with E-state index in [-0.39, 0.29) is 35.1 Å². The van der Waals surface area contributed by atoms with Crippen molar-refractivity contribution in [3.05, 3.63) is 38.9 Å². The van der Waals surface area contributed by atoms with Gasteiger partial charge < -0.3 is 15.5 Å². The molecular formula is C12H15ClN2O5. The molecule has 2 unspecified atom stereocenters. The molecule has 0 saturated carbocycles. The van der Waals surface area contributed by atoms with Gasteiger partial charge in [-0.05, 0) is 12.5 Å². The minimum absolute atomic E-state index is 0.00489. The minimum atomic E-state index is -1.50. The van der Waals surface area contributed by atoms with Gasteiger partial charge in [-0.2, -0.15) is 0 Å². The van der Waals surface area contributed by atoms with Gasteiger partial charge in [-0.25, -0.2) is 0 Å². The monoisotopic (exact) mass is 302 g/mol. The summed E-state index contributed by atoms with van der Waals surface area (Å²) in [6, 6.07) is 3.99. The number of aliphatic hydroxyl groups excluding tert-OH is 2. The number of hydrogen-bond acceptors (Lipinski definition) is 5. The Labute approximate surface area is 120 Å². The van der Waals surface area contributed by atoms with Gasteiger partial charge in [0.25, 0.3) is 5.69 Å². The first kappa shape index (κ1) is 16.4. The Morgan fingerprint density at radius 1 is 1.50 bits per heavy atom. The molecule has 110 valence electrons. The number of aliphatic hydroxyl groups is 2. The first-order valence-electron chi connectivity index (χ1n) is 5.88. The van der Waals surface area contributed by atoms with Gasteiger partial charge in [-0.1, -0.05) is 17.7 Å². The lowest BCUT2D eigenvalue weighted by molar-refractivity contribution is -0.386. The van der Waals surface area contributed by atoms with E-state index < -0.39 is 17.1 Å². The highest BCUT2D eigenvalue weighted by Crippen LogP contribution is 2.34. The lowest BCUT2D eigenvalue weighted by atomic mass is 10.0. The van der Waals surface area contributed by atoms with Crippen LogP contribution in [0, 0.1) is 10.1 Å². The number of amides is 1. The first-order chi connectivity index (χ1) is 9.34. The van der Waals surface area contributed by atoms with E-state index in [1.807, 2.05) is 0 Å². The number of nitrogens with one attached hydrogen (secondary N) is 1. The highest BCUT2D eigenvalue weighted by molar-refractivity contribution is 6.31. The predicted octanol–water partition coefficient (Wildman–Crippen LogP) is 1.17. The van der Waals surface area contributed by atoms with E-state index in [1.165, 1.54) is 25.1 Å². The lowest BCUT2D eigenvalue weighted by Crippen LogP contribution is -2.28. The zero-order chi connectivity index (χ0) is 15.3. The normalized spacial score (nSPS) is 13.6. The molecule has 1 aromatic carbocycles. The molecule has 0 aliphatic carbocycles. The second-order valence-electron chi connectivity index (χ2n) is 4.21. The maximum Gasteiger partial charge on any atom is 0.276 e. The number of nitrogens with zero attached hydrogens (tertiary/aromatic N) is 1. The Morgan fingerprint density at radius 3 is 2.70 bits per heavy atom. The molecule has 1 amide bonds. The molecule has 3 N–H and O–H groups in total. The quantitative estimate of drug-likeness (QED) is 0.539. The van der Waals surface area contributed by atoms with E-state index in [1.54, 1.807) is 0 Å². The molecule has 0 bridgehead atoms. The molecule has 0 aromatic heterocycles. The molecule has 0 spiro atoms. The Bertz CT molecular complexity index is 509. The van der Waals surface area contributed by atoms with Crippen LogP contribution < -0.4 is 5.32 Å². The summed E-state index contributed by atoms with van der Waals surface area (Å²) < 4.78 is 0. The van der Waals surface area contributed by atoms with E-state index in [9.17, 15) is 25.1 Å². The molecule has 0 radical (unpaired) electrons. The van der Waals surface area contributed by atoms with Crippen LogP contribution in [-0.2, 0) is 4.79 Å². The molecule has 2 atom stereocenters. The van der Waals surface area contributed by atoms with Crippen molar-refractivity contribution in [2.45, 2.75) is 25.6 Å². The Balaban J connectivity index is 2.88. The molecule has 0 aliphatic heterocycles. The number of benzene rings is 1. The number of halogens is 1. The fourth-order valence-corrected chi connectivity index (χ4v) is 2.01. The topological polar surface area (TPSA) is 113 Å². The molecule has 7 nitrogen and oxygen atoms in total. The van der Waals surface area contributed by atoms with Gasteiger partial charge >= 0.3 is 0 Å². The summed E-state index contributed by atoms with van der Waals surface area (Å²) in [6.45, 7) is 1.47. The third-order valence-corrected chi connectivity index (χ3v) is 3.03. The molecule has 0 heterocycles. The van der Waals surface area contributed by atoms with Crippen molar-refractivity contribution in [2.75, 3.05) is 6.54 Å². The van der Waals surface area contributed by atoms with Crippen molar-refractivity contribution in [1.29, 1.82) is 0 Å². The summed E-state index contributed by atoms with van der Waals surface area (Å²) in [5.41, 5.74) is -0.488. The maximum atomic E-state index is 10.9. The molecule has 20 heavy (non-hydrogen) atoms. The Kier molecular flexibility index (Phi) is 5.87. The van der Waals surface area contributed by atoms with Crippen LogP contribution in [0.5, 0.6) is 0 Å². The van der Waals surface area contributed by atoms with Gasteiger partial charge in [-0.15, -0.1) is 0 Å². The Hall–Kier alpha value is -1.70. The van der Waals surface area contributed by atoms with E-state index >= 15 is 0 Å². The van der Waals surface area contributed by atoms with Crippen LogP contribution in [0.4, 0.5) is 5.69 Å². The summed E-state index contributed by atoms with van der Waals surface area (Å²) in [4.78, 5) is 20.9. The largest absolute Gasteiger partial charge is 0.390 e. The summed E-state index contributed by atoms with van der Waals surface area (Å²) in [6.07, 6.45) is -2.73. The van der Waals surface area contributed by atoms with E-state index in [0.29, 0.717) is 0 Å². The van der Waals surface area contributed by atoms with E-state index in [0.717, 1.165) is 0 Å². The van der Waals surface area contributed by atoms with Crippen molar-refractivity contribution in [3.8, 4) is 0 Å². The van der Waals surface area contributed by atoms with Crippen molar-refractivity contribution >= 4 is 23.2 Å². The number of rotatable bonds is 6. The summed E-state index contributed by atoms with van der Waals surface area (Å²) in [7, 11) is 0. The molecule has 0 fully saturated rings. The zero-order valence-electron chi connectivity index (χ0n) is 10.7. The second-order valence-corrected chi connectivity index (χ2v) is 4.62. The third-order valence-electron chi connectivity index (χ3n) is 2.70. The van der Waals surface area contributed by atoms with Gasteiger partial charge in [0, 0.05) is 19.5 Å². The first-order valence-corrected chi connectivity index (χ1v) is 6.25. The van der Waals surface area contributed by atoms with Gasteiger partial charge in [0.1, 0.15) is 6.10 Å². The van der Waals surface area contributed by atoms with Crippen molar-refractivity contribution < 1.29 is 19.9 Å². The molecule has 0 aliphatic rings. The number of nitro groups is 1. The Morgan fingerprint density at radius 2 is 2.15 bits per heavy atom. The van der Waals surface area contributed by atoms with Crippen LogP contribution in [0.3, 0.4) is 0 Å². The number of carbonyl (C=O) groups excluding carboxylic acids is 1. The van der Waals surface area contributed by atoms with E-state index in [2.05, 4.69) is 5.32 Å². The van der Waals surface area contributed by atoms with Crippen LogP contribution in [0.25, 0.3) is 0 Å². The minimum Gasteiger partial charge on any atom is -0.390 e. The van der Waals surface area contributed by atoms with Crippen LogP contribution in [0.2, 0.25) is 5.02 Å². The maximum absolute atomic E-state index is 10.9. The predicted molar refractivity (Wildman–Crippen MR) is 72.4 cm³/mol. The third kappa shape index (κ3) is 4.16. The summed E-state index contributed by atoms with van der Waals surface area (Å²) >= 11 is 5.85. The van der Waals surface area contributed by atoms with Crippen LogP contribution in [-0.4, -0.2) is 33.7 Å². The SMILES string of the molecule is CC(=O)NCCC(O)C(O)c1c(Cl)cccc1[N+](=O)[O-].